The van der Waals surface area contributed by atoms with E-state index in [0.29, 0.717) is 5.92 Å². The van der Waals surface area contributed by atoms with Crippen LogP contribution < -0.4 is 0 Å². The maximum absolute atomic E-state index is 10.3. The molecular formula is C13H18OS. The first kappa shape index (κ1) is 11.0. The molecule has 1 aromatic rings. The maximum Gasteiger partial charge on any atom is 0.0829 e. The SMILES string of the molecule is Cc1ccc(C)c(C(O)C2CCSC2)c1. The third-order valence-corrected chi connectivity index (χ3v) is 4.35. The van der Waals surface area contributed by atoms with Crippen LogP contribution in [0, 0.1) is 19.8 Å². The van der Waals surface area contributed by atoms with Gasteiger partial charge in [-0.2, -0.15) is 11.8 Å². The largest absolute Gasteiger partial charge is 0.388 e. The lowest BCUT2D eigenvalue weighted by molar-refractivity contribution is 0.120. The first-order valence-corrected chi connectivity index (χ1v) is 6.67. The first-order chi connectivity index (χ1) is 7.18. The Bertz CT molecular complexity index is 342. The van der Waals surface area contributed by atoms with Crippen LogP contribution in [0.1, 0.15) is 29.2 Å². The molecule has 82 valence electrons. The number of hydrogen-bond acceptors (Lipinski definition) is 2. The van der Waals surface area contributed by atoms with Crippen LogP contribution >= 0.6 is 11.8 Å². The normalized spacial score (nSPS) is 23.0. The number of aliphatic hydroxyl groups is 1. The van der Waals surface area contributed by atoms with Gasteiger partial charge in [-0.15, -0.1) is 0 Å². The molecule has 0 saturated carbocycles. The summed E-state index contributed by atoms with van der Waals surface area (Å²) in [4.78, 5) is 0. The average Bonchev–Trinajstić information content (AvgIpc) is 2.74. The summed E-state index contributed by atoms with van der Waals surface area (Å²) in [7, 11) is 0. The van der Waals surface area contributed by atoms with Gasteiger partial charge >= 0.3 is 0 Å². The molecule has 2 unspecified atom stereocenters. The van der Waals surface area contributed by atoms with E-state index >= 15 is 0 Å². The van der Waals surface area contributed by atoms with Gasteiger partial charge in [-0.3, -0.25) is 0 Å². The molecular weight excluding hydrogens is 204 g/mol. The molecule has 1 aliphatic heterocycles. The van der Waals surface area contributed by atoms with Crippen molar-refractivity contribution in [3.63, 3.8) is 0 Å². The lowest BCUT2D eigenvalue weighted by Gasteiger charge is -2.19. The zero-order valence-corrected chi connectivity index (χ0v) is 10.2. The minimum Gasteiger partial charge on any atom is -0.388 e. The molecule has 1 aromatic carbocycles. The van der Waals surface area contributed by atoms with E-state index in [1.165, 1.54) is 16.9 Å². The predicted molar refractivity (Wildman–Crippen MR) is 66.3 cm³/mol. The third kappa shape index (κ3) is 2.37. The maximum atomic E-state index is 10.3. The lowest BCUT2D eigenvalue weighted by Crippen LogP contribution is -2.13. The summed E-state index contributed by atoms with van der Waals surface area (Å²) in [6.07, 6.45) is 0.888. The molecule has 1 aliphatic rings. The van der Waals surface area contributed by atoms with Crippen molar-refractivity contribution in [2.75, 3.05) is 11.5 Å². The molecule has 0 spiro atoms. The van der Waals surface area contributed by atoms with Crippen molar-refractivity contribution < 1.29 is 5.11 Å². The average molecular weight is 222 g/mol. The van der Waals surface area contributed by atoms with Crippen LogP contribution in [0.25, 0.3) is 0 Å². The highest BCUT2D eigenvalue weighted by Crippen LogP contribution is 2.35. The molecule has 1 heterocycles. The predicted octanol–water partition coefficient (Wildman–Crippen LogP) is 3.09. The Morgan fingerprint density at radius 2 is 2.20 bits per heavy atom. The quantitative estimate of drug-likeness (QED) is 0.830. The smallest absolute Gasteiger partial charge is 0.0829 e. The van der Waals surface area contributed by atoms with E-state index in [-0.39, 0.29) is 6.10 Å². The zero-order chi connectivity index (χ0) is 10.8. The van der Waals surface area contributed by atoms with E-state index in [2.05, 4.69) is 32.0 Å². The standard InChI is InChI=1S/C13H18OS/c1-9-3-4-10(2)12(7-9)13(14)11-5-6-15-8-11/h3-4,7,11,13-14H,5-6,8H2,1-2H3. The highest BCUT2D eigenvalue weighted by Gasteiger charge is 2.25. The fraction of sp³-hybridized carbons (Fsp3) is 0.538. The van der Waals surface area contributed by atoms with E-state index < -0.39 is 0 Å². The molecule has 1 saturated heterocycles. The van der Waals surface area contributed by atoms with Gasteiger partial charge in [0.2, 0.25) is 0 Å². The summed E-state index contributed by atoms with van der Waals surface area (Å²) in [6.45, 7) is 4.17. The minimum absolute atomic E-state index is 0.264. The number of hydrogen-bond donors (Lipinski definition) is 1. The van der Waals surface area contributed by atoms with Crippen molar-refractivity contribution in [1.82, 2.24) is 0 Å². The van der Waals surface area contributed by atoms with Gasteiger partial charge < -0.3 is 5.11 Å². The second-order valence-electron chi connectivity index (χ2n) is 4.43. The van der Waals surface area contributed by atoms with Gasteiger partial charge in [-0.25, -0.2) is 0 Å². The van der Waals surface area contributed by atoms with Gasteiger partial charge in [0.25, 0.3) is 0 Å². The number of rotatable bonds is 2. The molecule has 15 heavy (non-hydrogen) atoms. The van der Waals surface area contributed by atoms with Gasteiger partial charge in [0.1, 0.15) is 0 Å². The molecule has 0 bridgehead atoms. The van der Waals surface area contributed by atoms with Gasteiger partial charge in [-0.1, -0.05) is 23.8 Å². The summed E-state index contributed by atoms with van der Waals surface area (Å²) in [5.74, 6) is 2.76. The van der Waals surface area contributed by atoms with Crippen LogP contribution in [0.2, 0.25) is 0 Å². The molecule has 2 rings (SSSR count). The Morgan fingerprint density at radius 1 is 1.40 bits per heavy atom. The Morgan fingerprint density at radius 3 is 2.87 bits per heavy atom. The van der Waals surface area contributed by atoms with E-state index in [1.54, 1.807) is 0 Å². The summed E-state index contributed by atoms with van der Waals surface area (Å²) in [5, 5.41) is 10.3. The highest BCUT2D eigenvalue weighted by atomic mass is 32.2. The number of thioether (sulfide) groups is 1. The van der Waals surface area contributed by atoms with Crippen molar-refractivity contribution in [3.8, 4) is 0 Å². The fourth-order valence-electron chi connectivity index (χ4n) is 2.13. The van der Waals surface area contributed by atoms with Crippen molar-refractivity contribution >= 4 is 11.8 Å². The van der Waals surface area contributed by atoms with Crippen LogP contribution in [0.3, 0.4) is 0 Å². The van der Waals surface area contributed by atoms with Crippen LogP contribution in [-0.4, -0.2) is 16.6 Å². The van der Waals surface area contributed by atoms with Gasteiger partial charge in [0, 0.05) is 0 Å². The van der Waals surface area contributed by atoms with E-state index in [9.17, 15) is 5.11 Å². The van der Waals surface area contributed by atoms with Crippen LogP contribution in [0.15, 0.2) is 18.2 Å². The van der Waals surface area contributed by atoms with E-state index in [1.807, 2.05) is 11.8 Å². The van der Waals surface area contributed by atoms with E-state index in [0.717, 1.165) is 17.7 Å². The zero-order valence-electron chi connectivity index (χ0n) is 9.36. The molecule has 1 fully saturated rings. The second-order valence-corrected chi connectivity index (χ2v) is 5.58. The van der Waals surface area contributed by atoms with Crippen LogP contribution in [-0.2, 0) is 0 Å². The van der Waals surface area contributed by atoms with Crippen molar-refractivity contribution in [2.24, 2.45) is 5.92 Å². The Balaban J connectivity index is 2.23. The molecule has 2 heteroatoms. The monoisotopic (exact) mass is 222 g/mol. The molecule has 0 aliphatic carbocycles. The number of aryl methyl sites for hydroxylation is 2. The van der Waals surface area contributed by atoms with Crippen LogP contribution in [0.4, 0.5) is 0 Å². The topological polar surface area (TPSA) is 20.2 Å². The van der Waals surface area contributed by atoms with Crippen LogP contribution in [0.5, 0.6) is 0 Å². The highest BCUT2D eigenvalue weighted by molar-refractivity contribution is 7.99. The number of benzene rings is 1. The Labute approximate surface area is 95.9 Å². The third-order valence-electron chi connectivity index (χ3n) is 3.16. The summed E-state index contributed by atoms with van der Waals surface area (Å²) >= 11 is 1.96. The Kier molecular flexibility index (Phi) is 3.37. The Hall–Kier alpha value is -0.470. The van der Waals surface area contributed by atoms with Gasteiger partial charge in [0.15, 0.2) is 0 Å². The first-order valence-electron chi connectivity index (χ1n) is 5.51. The summed E-state index contributed by atoms with van der Waals surface area (Å²) in [5.41, 5.74) is 3.58. The number of aliphatic hydroxyl groups excluding tert-OH is 1. The minimum atomic E-state index is -0.264. The summed E-state index contributed by atoms with van der Waals surface area (Å²) in [6, 6.07) is 6.34. The molecule has 0 radical (unpaired) electrons. The van der Waals surface area contributed by atoms with Crippen molar-refractivity contribution in [1.29, 1.82) is 0 Å². The van der Waals surface area contributed by atoms with Crippen molar-refractivity contribution in [3.05, 3.63) is 34.9 Å². The molecule has 2 atom stereocenters. The van der Waals surface area contributed by atoms with E-state index in [4.69, 9.17) is 0 Å². The molecule has 1 N–H and O–H groups in total. The lowest BCUT2D eigenvalue weighted by atomic mass is 9.91. The summed E-state index contributed by atoms with van der Waals surface area (Å²) < 4.78 is 0. The van der Waals surface area contributed by atoms with Crippen molar-refractivity contribution in [2.45, 2.75) is 26.4 Å². The molecule has 0 aromatic heterocycles. The molecule has 0 amide bonds. The van der Waals surface area contributed by atoms with Gasteiger partial charge in [0.05, 0.1) is 6.10 Å². The fourth-order valence-corrected chi connectivity index (χ4v) is 3.42. The van der Waals surface area contributed by atoms with Gasteiger partial charge in [-0.05, 0) is 48.8 Å². The second kappa shape index (κ2) is 4.58. The molecule has 1 nitrogen and oxygen atoms in total.